The first-order chi connectivity index (χ1) is 14.1. The number of nitrogen functional groups attached to an aromatic ring is 1. The predicted octanol–water partition coefficient (Wildman–Crippen LogP) is 3.43. The Morgan fingerprint density at radius 2 is 1.93 bits per heavy atom. The lowest BCUT2D eigenvalue weighted by Crippen LogP contribution is -2.29. The van der Waals surface area contributed by atoms with Gasteiger partial charge in [-0.3, -0.25) is 9.59 Å². The molecule has 0 saturated heterocycles. The summed E-state index contributed by atoms with van der Waals surface area (Å²) in [7, 11) is 0. The van der Waals surface area contributed by atoms with Gasteiger partial charge in [0.15, 0.2) is 5.16 Å². The monoisotopic (exact) mass is 439 g/mol. The Balaban J connectivity index is 1.51. The topological polar surface area (TPSA) is 107 Å². The van der Waals surface area contributed by atoms with E-state index in [1.54, 1.807) is 0 Å². The maximum absolute atomic E-state index is 12.9. The second kappa shape index (κ2) is 7.14. The standard InChI is InChI=1S/C19H13N5O2S3/c20-24-18(26)14-11(10-4-2-1-3-5-10)8-28-17(14)23-19(24)29-9-13-21-12-6-7-27-15(12)16(25)22-13/h1-8H,9,20H2,(H,21,22,25). The van der Waals surface area contributed by atoms with Crippen LogP contribution in [-0.2, 0) is 5.75 Å². The molecule has 7 nitrogen and oxygen atoms in total. The molecule has 1 aromatic carbocycles. The number of aromatic nitrogens is 4. The van der Waals surface area contributed by atoms with E-state index in [0.717, 1.165) is 15.8 Å². The molecule has 0 aliphatic heterocycles. The lowest BCUT2D eigenvalue weighted by molar-refractivity contribution is 0.781. The second-order valence-corrected chi connectivity index (χ2v) is 8.92. The van der Waals surface area contributed by atoms with Crippen LogP contribution < -0.4 is 17.0 Å². The molecule has 0 radical (unpaired) electrons. The largest absolute Gasteiger partial charge is 0.334 e. The fourth-order valence-corrected chi connectivity index (χ4v) is 5.54. The summed E-state index contributed by atoms with van der Waals surface area (Å²) in [4.78, 5) is 37.5. The molecule has 144 valence electrons. The number of hydrogen-bond acceptors (Lipinski definition) is 8. The fraction of sp³-hybridized carbons (Fsp3) is 0.0526. The molecule has 5 aromatic rings. The maximum Gasteiger partial charge on any atom is 0.282 e. The summed E-state index contributed by atoms with van der Waals surface area (Å²) in [5.74, 6) is 6.91. The van der Waals surface area contributed by atoms with Crippen LogP contribution in [0, 0.1) is 0 Å². The van der Waals surface area contributed by atoms with Crippen LogP contribution in [-0.4, -0.2) is 19.6 Å². The van der Waals surface area contributed by atoms with Crippen molar-refractivity contribution in [2.45, 2.75) is 10.9 Å². The Hall–Kier alpha value is -2.95. The van der Waals surface area contributed by atoms with Gasteiger partial charge in [0.1, 0.15) is 15.4 Å². The summed E-state index contributed by atoms with van der Waals surface area (Å²) in [6.07, 6.45) is 0. The average Bonchev–Trinajstić information content (AvgIpc) is 3.37. The van der Waals surface area contributed by atoms with E-state index >= 15 is 0 Å². The SMILES string of the molecule is Nn1c(SCc2nc3ccsc3c(=O)[nH]2)nc2scc(-c3ccccc3)c2c1=O. The molecule has 0 unspecified atom stereocenters. The van der Waals surface area contributed by atoms with E-state index in [1.165, 1.54) is 34.4 Å². The molecule has 4 aromatic heterocycles. The zero-order valence-electron chi connectivity index (χ0n) is 14.8. The number of H-pyrrole nitrogens is 1. The molecule has 0 spiro atoms. The zero-order valence-corrected chi connectivity index (χ0v) is 17.2. The summed E-state index contributed by atoms with van der Waals surface area (Å²) in [6, 6.07) is 11.5. The minimum absolute atomic E-state index is 0.167. The molecule has 3 N–H and O–H groups in total. The number of rotatable bonds is 4. The van der Waals surface area contributed by atoms with Crippen molar-refractivity contribution in [3.63, 3.8) is 0 Å². The van der Waals surface area contributed by atoms with Crippen LogP contribution in [0.1, 0.15) is 5.82 Å². The van der Waals surface area contributed by atoms with Gasteiger partial charge in [0.25, 0.3) is 11.1 Å². The number of aromatic amines is 1. The van der Waals surface area contributed by atoms with Gasteiger partial charge in [0, 0.05) is 10.9 Å². The predicted molar refractivity (Wildman–Crippen MR) is 119 cm³/mol. The average molecular weight is 440 g/mol. The Morgan fingerprint density at radius 1 is 1.10 bits per heavy atom. The van der Waals surface area contributed by atoms with Crippen LogP contribution in [0.15, 0.2) is 61.9 Å². The quantitative estimate of drug-likeness (QED) is 0.252. The minimum atomic E-state index is -0.299. The number of hydrogen-bond donors (Lipinski definition) is 2. The van der Waals surface area contributed by atoms with Gasteiger partial charge < -0.3 is 10.8 Å². The third-order valence-electron chi connectivity index (χ3n) is 4.39. The van der Waals surface area contributed by atoms with Gasteiger partial charge in [-0.25, -0.2) is 14.6 Å². The van der Waals surface area contributed by atoms with Crippen molar-refractivity contribution < 1.29 is 0 Å². The number of nitrogens with zero attached hydrogens (tertiary/aromatic N) is 3. The molecule has 0 bridgehead atoms. The van der Waals surface area contributed by atoms with Gasteiger partial charge in [-0.2, -0.15) is 0 Å². The third-order valence-corrected chi connectivity index (χ3v) is 7.13. The third kappa shape index (κ3) is 3.15. The second-order valence-electron chi connectivity index (χ2n) is 6.20. The van der Waals surface area contributed by atoms with Crippen LogP contribution in [0.5, 0.6) is 0 Å². The Morgan fingerprint density at radius 3 is 2.76 bits per heavy atom. The van der Waals surface area contributed by atoms with Crippen molar-refractivity contribution in [3.8, 4) is 11.1 Å². The normalized spacial score (nSPS) is 11.4. The number of thiophene rings is 2. The van der Waals surface area contributed by atoms with E-state index in [9.17, 15) is 9.59 Å². The maximum atomic E-state index is 12.9. The first-order valence-corrected chi connectivity index (χ1v) is 11.3. The molecule has 29 heavy (non-hydrogen) atoms. The molecule has 0 saturated carbocycles. The van der Waals surface area contributed by atoms with E-state index < -0.39 is 0 Å². The van der Waals surface area contributed by atoms with Crippen molar-refractivity contribution in [1.82, 2.24) is 19.6 Å². The Bertz CT molecular complexity index is 1470. The summed E-state index contributed by atoms with van der Waals surface area (Å²) < 4.78 is 1.66. The van der Waals surface area contributed by atoms with Gasteiger partial charge in [-0.1, -0.05) is 42.1 Å². The van der Waals surface area contributed by atoms with Crippen molar-refractivity contribution in [2.75, 3.05) is 5.84 Å². The summed E-state index contributed by atoms with van der Waals surface area (Å²) >= 11 is 4.02. The summed E-state index contributed by atoms with van der Waals surface area (Å²) in [6.45, 7) is 0. The molecular formula is C19H13N5O2S3. The van der Waals surface area contributed by atoms with Crippen LogP contribution in [0.25, 0.3) is 31.6 Å². The van der Waals surface area contributed by atoms with Crippen molar-refractivity contribution >= 4 is 54.9 Å². The summed E-state index contributed by atoms with van der Waals surface area (Å²) in [5.41, 5.74) is 1.97. The molecular weight excluding hydrogens is 426 g/mol. The number of benzene rings is 1. The van der Waals surface area contributed by atoms with Crippen molar-refractivity contribution in [3.05, 3.63) is 73.7 Å². The number of fused-ring (bicyclic) bond motifs is 2. The van der Waals surface area contributed by atoms with Crippen molar-refractivity contribution in [1.29, 1.82) is 0 Å². The molecule has 10 heteroatoms. The van der Waals surface area contributed by atoms with Crippen LogP contribution in [0.2, 0.25) is 0 Å². The van der Waals surface area contributed by atoms with Gasteiger partial charge in [0.05, 0.1) is 16.7 Å². The van der Waals surface area contributed by atoms with Gasteiger partial charge in [-0.05, 0) is 17.0 Å². The fourth-order valence-electron chi connectivity index (χ4n) is 3.04. The van der Waals surface area contributed by atoms with Gasteiger partial charge in [-0.15, -0.1) is 22.7 Å². The summed E-state index contributed by atoms with van der Waals surface area (Å²) in [5, 5.41) is 4.64. The lowest BCUT2D eigenvalue weighted by Gasteiger charge is -2.07. The van der Waals surface area contributed by atoms with Crippen molar-refractivity contribution in [2.24, 2.45) is 0 Å². The van der Waals surface area contributed by atoms with Crippen LogP contribution >= 0.6 is 34.4 Å². The first kappa shape index (κ1) is 18.1. The van der Waals surface area contributed by atoms with Crippen LogP contribution in [0.4, 0.5) is 0 Å². The number of nitrogens with two attached hydrogens (primary N) is 1. The highest BCUT2D eigenvalue weighted by Gasteiger charge is 2.16. The zero-order chi connectivity index (χ0) is 20.0. The first-order valence-electron chi connectivity index (χ1n) is 8.56. The Labute approximate surface area is 175 Å². The van der Waals surface area contributed by atoms with Gasteiger partial charge in [0.2, 0.25) is 0 Å². The highest BCUT2D eigenvalue weighted by Crippen LogP contribution is 2.32. The molecule has 0 amide bonds. The molecule has 5 rings (SSSR count). The molecule has 0 fully saturated rings. The molecule has 0 aliphatic carbocycles. The van der Waals surface area contributed by atoms with E-state index in [2.05, 4.69) is 15.0 Å². The van der Waals surface area contributed by atoms with E-state index in [1.807, 2.05) is 47.2 Å². The number of thioether (sulfide) groups is 1. The molecule has 0 atom stereocenters. The lowest BCUT2D eigenvalue weighted by atomic mass is 10.1. The van der Waals surface area contributed by atoms with E-state index in [-0.39, 0.29) is 11.1 Å². The molecule has 4 heterocycles. The smallest absolute Gasteiger partial charge is 0.282 e. The highest BCUT2D eigenvalue weighted by molar-refractivity contribution is 7.98. The van der Waals surface area contributed by atoms with E-state index in [0.29, 0.717) is 37.2 Å². The van der Waals surface area contributed by atoms with Crippen LogP contribution in [0.3, 0.4) is 0 Å². The minimum Gasteiger partial charge on any atom is -0.334 e. The number of nitrogens with one attached hydrogen (secondary N) is 1. The highest BCUT2D eigenvalue weighted by atomic mass is 32.2. The Kier molecular flexibility index (Phi) is 4.46. The van der Waals surface area contributed by atoms with Gasteiger partial charge >= 0.3 is 0 Å². The van der Waals surface area contributed by atoms with E-state index in [4.69, 9.17) is 5.84 Å². The molecule has 0 aliphatic rings.